The van der Waals surface area contributed by atoms with Gasteiger partial charge in [-0.1, -0.05) is 65.3 Å². The van der Waals surface area contributed by atoms with Crippen molar-refractivity contribution in [2.45, 2.75) is 37.2 Å². The molecule has 7 heteroatoms. The molecular formula is C29H28BrN3O2S. The molecule has 1 amide bonds. The quantitative estimate of drug-likeness (QED) is 0.212. The smallest absolute Gasteiger partial charge is 0.253 e. The SMILES string of the molecule is CCCn1cc(SCC(=O)N2N=C(c3ccc(Br)cc3)CC2c2ccc(OC)cc2)c2ccccc21. The molecule has 2 heterocycles. The van der Waals surface area contributed by atoms with Crippen molar-refractivity contribution < 1.29 is 9.53 Å². The molecule has 0 saturated carbocycles. The zero-order chi connectivity index (χ0) is 25.1. The summed E-state index contributed by atoms with van der Waals surface area (Å²) in [5, 5.41) is 7.70. The van der Waals surface area contributed by atoms with Gasteiger partial charge in [-0.15, -0.1) is 11.8 Å². The molecule has 0 fully saturated rings. The molecular weight excluding hydrogens is 534 g/mol. The minimum atomic E-state index is -0.149. The van der Waals surface area contributed by atoms with E-state index in [-0.39, 0.29) is 11.9 Å². The molecule has 0 aliphatic carbocycles. The van der Waals surface area contributed by atoms with Crippen LogP contribution in [0.25, 0.3) is 10.9 Å². The Morgan fingerprint density at radius 1 is 1.08 bits per heavy atom. The Labute approximate surface area is 224 Å². The molecule has 1 atom stereocenters. The zero-order valence-electron chi connectivity index (χ0n) is 20.4. The largest absolute Gasteiger partial charge is 0.497 e. The summed E-state index contributed by atoms with van der Waals surface area (Å²) in [4.78, 5) is 14.7. The maximum absolute atomic E-state index is 13.6. The van der Waals surface area contributed by atoms with Gasteiger partial charge in [-0.3, -0.25) is 4.79 Å². The Bertz CT molecular complexity index is 1400. The zero-order valence-corrected chi connectivity index (χ0v) is 22.8. The van der Waals surface area contributed by atoms with Gasteiger partial charge in [0.05, 0.1) is 24.6 Å². The fourth-order valence-electron chi connectivity index (χ4n) is 4.60. The Morgan fingerprint density at radius 3 is 2.56 bits per heavy atom. The first-order chi connectivity index (χ1) is 17.6. The number of aryl methyl sites for hydroxylation is 1. The molecule has 36 heavy (non-hydrogen) atoms. The van der Waals surface area contributed by atoms with E-state index >= 15 is 0 Å². The number of fused-ring (bicyclic) bond motifs is 1. The lowest BCUT2D eigenvalue weighted by Gasteiger charge is -2.22. The average molecular weight is 563 g/mol. The van der Waals surface area contributed by atoms with Crippen LogP contribution in [0.3, 0.4) is 0 Å². The van der Waals surface area contributed by atoms with Crippen LogP contribution in [0, 0.1) is 0 Å². The molecule has 3 aromatic carbocycles. The number of amides is 1. The number of ether oxygens (including phenoxy) is 1. The lowest BCUT2D eigenvalue weighted by molar-refractivity contribution is -0.130. The van der Waals surface area contributed by atoms with Crippen LogP contribution in [0.5, 0.6) is 5.75 Å². The molecule has 1 unspecified atom stereocenters. The van der Waals surface area contributed by atoms with E-state index < -0.39 is 0 Å². The molecule has 0 saturated heterocycles. The summed E-state index contributed by atoms with van der Waals surface area (Å²) in [5.41, 5.74) is 4.20. The lowest BCUT2D eigenvalue weighted by atomic mass is 9.98. The molecule has 5 rings (SSSR count). The monoisotopic (exact) mass is 561 g/mol. The maximum atomic E-state index is 13.6. The van der Waals surface area contributed by atoms with Gasteiger partial charge in [0.15, 0.2) is 0 Å². The first-order valence-corrected chi connectivity index (χ1v) is 13.9. The third kappa shape index (κ3) is 5.08. The summed E-state index contributed by atoms with van der Waals surface area (Å²) < 4.78 is 8.63. The third-order valence-electron chi connectivity index (χ3n) is 6.41. The number of nitrogens with zero attached hydrogens (tertiary/aromatic N) is 3. The van der Waals surface area contributed by atoms with Crippen LogP contribution in [0.15, 0.2) is 93.5 Å². The van der Waals surface area contributed by atoms with Gasteiger partial charge in [-0.25, -0.2) is 5.01 Å². The van der Waals surface area contributed by atoms with E-state index in [1.165, 1.54) is 10.9 Å². The predicted octanol–water partition coefficient (Wildman–Crippen LogP) is 7.29. The second-order valence-electron chi connectivity index (χ2n) is 8.78. The van der Waals surface area contributed by atoms with Crippen LogP contribution in [0.4, 0.5) is 0 Å². The number of hydrogen-bond acceptors (Lipinski definition) is 4. The summed E-state index contributed by atoms with van der Waals surface area (Å²) >= 11 is 5.09. The second-order valence-corrected chi connectivity index (χ2v) is 10.7. The van der Waals surface area contributed by atoms with Crippen molar-refractivity contribution in [3.05, 3.63) is 94.6 Å². The van der Waals surface area contributed by atoms with Crippen LogP contribution in [-0.2, 0) is 11.3 Å². The maximum Gasteiger partial charge on any atom is 0.253 e. The highest BCUT2D eigenvalue weighted by Gasteiger charge is 2.33. The van der Waals surface area contributed by atoms with E-state index in [2.05, 4.69) is 57.9 Å². The molecule has 1 aliphatic rings. The van der Waals surface area contributed by atoms with E-state index in [4.69, 9.17) is 9.84 Å². The van der Waals surface area contributed by atoms with Gasteiger partial charge in [0.2, 0.25) is 0 Å². The van der Waals surface area contributed by atoms with Gasteiger partial charge >= 0.3 is 0 Å². The molecule has 1 aliphatic heterocycles. The molecule has 0 radical (unpaired) electrons. The molecule has 5 nitrogen and oxygen atoms in total. The second kappa shape index (κ2) is 10.9. The number of carbonyl (C=O) groups excluding carboxylic acids is 1. The summed E-state index contributed by atoms with van der Waals surface area (Å²) in [7, 11) is 1.66. The van der Waals surface area contributed by atoms with E-state index in [0.29, 0.717) is 12.2 Å². The lowest BCUT2D eigenvalue weighted by Crippen LogP contribution is -2.28. The molecule has 0 bridgehead atoms. The van der Waals surface area contributed by atoms with Crippen LogP contribution in [-0.4, -0.2) is 34.1 Å². The molecule has 0 N–H and O–H groups in total. The topological polar surface area (TPSA) is 46.8 Å². The highest BCUT2D eigenvalue weighted by Crippen LogP contribution is 2.36. The predicted molar refractivity (Wildman–Crippen MR) is 151 cm³/mol. The van der Waals surface area contributed by atoms with Crippen LogP contribution in [0.1, 0.15) is 36.9 Å². The number of methoxy groups -OCH3 is 1. The minimum Gasteiger partial charge on any atom is -0.497 e. The summed E-state index contributed by atoms with van der Waals surface area (Å²) in [5.74, 6) is 1.12. The van der Waals surface area contributed by atoms with E-state index in [0.717, 1.165) is 44.9 Å². The van der Waals surface area contributed by atoms with Gasteiger partial charge in [-0.05, 0) is 47.9 Å². The molecule has 184 valence electrons. The third-order valence-corrected chi connectivity index (χ3v) is 7.97. The van der Waals surface area contributed by atoms with E-state index in [1.54, 1.807) is 23.9 Å². The Kier molecular flexibility index (Phi) is 7.48. The van der Waals surface area contributed by atoms with Crippen molar-refractivity contribution in [1.82, 2.24) is 9.58 Å². The number of benzene rings is 3. The highest BCUT2D eigenvalue weighted by molar-refractivity contribution is 9.10. The van der Waals surface area contributed by atoms with Crippen molar-refractivity contribution >= 4 is 50.2 Å². The number of carbonyl (C=O) groups is 1. The van der Waals surface area contributed by atoms with Crippen molar-refractivity contribution in [3.63, 3.8) is 0 Å². The molecule has 1 aromatic heterocycles. The first-order valence-electron chi connectivity index (χ1n) is 12.1. The Balaban J connectivity index is 1.41. The van der Waals surface area contributed by atoms with Crippen LogP contribution in [0.2, 0.25) is 0 Å². The van der Waals surface area contributed by atoms with Gasteiger partial charge in [0, 0.05) is 39.4 Å². The van der Waals surface area contributed by atoms with E-state index in [9.17, 15) is 4.79 Å². The van der Waals surface area contributed by atoms with Crippen molar-refractivity contribution in [2.75, 3.05) is 12.9 Å². The van der Waals surface area contributed by atoms with Gasteiger partial charge in [0.1, 0.15) is 5.75 Å². The minimum absolute atomic E-state index is 0.000234. The van der Waals surface area contributed by atoms with Gasteiger partial charge in [-0.2, -0.15) is 5.10 Å². The standard InChI is InChI=1S/C29H28BrN3O2S/c1-3-16-32-18-28(24-6-4-5-7-26(24)32)36-19-29(34)33-27(21-10-14-23(35-2)15-11-21)17-25(31-33)20-8-12-22(30)13-9-20/h4-15,18,27H,3,16-17,19H2,1-2H3. The van der Waals surface area contributed by atoms with Gasteiger partial charge in [0.25, 0.3) is 5.91 Å². The highest BCUT2D eigenvalue weighted by atomic mass is 79.9. The fraction of sp³-hybridized carbons (Fsp3) is 0.241. The Morgan fingerprint density at radius 2 is 1.83 bits per heavy atom. The van der Waals surface area contributed by atoms with Crippen LogP contribution >= 0.6 is 27.7 Å². The number of thioether (sulfide) groups is 1. The summed E-state index contributed by atoms with van der Waals surface area (Å²) in [6, 6.07) is 24.3. The van der Waals surface area contributed by atoms with Crippen LogP contribution < -0.4 is 4.74 Å². The fourth-order valence-corrected chi connectivity index (χ4v) is 5.81. The van der Waals surface area contributed by atoms with Crippen molar-refractivity contribution in [1.29, 1.82) is 0 Å². The van der Waals surface area contributed by atoms with Gasteiger partial charge < -0.3 is 9.30 Å². The Hall–Kier alpha value is -3.03. The van der Waals surface area contributed by atoms with E-state index in [1.807, 2.05) is 48.5 Å². The molecule has 0 spiro atoms. The number of rotatable bonds is 8. The normalized spacial score (nSPS) is 15.4. The average Bonchev–Trinajstić information content (AvgIpc) is 3.51. The number of halogens is 1. The number of aromatic nitrogens is 1. The number of hydrogen-bond donors (Lipinski definition) is 0. The summed E-state index contributed by atoms with van der Waals surface area (Å²) in [6.45, 7) is 3.14. The number of hydrazone groups is 1. The number of para-hydroxylation sites is 1. The summed E-state index contributed by atoms with van der Waals surface area (Å²) in [6.07, 6.45) is 3.90. The van der Waals surface area contributed by atoms with Crippen molar-refractivity contribution in [2.24, 2.45) is 5.10 Å². The van der Waals surface area contributed by atoms with Crippen molar-refractivity contribution in [3.8, 4) is 5.75 Å². The first kappa shape index (κ1) is 24.7. The molecule has 4 aromatic rings.